The number of pyridine rings is 1. The molecular formula is C14H18N2O3. The summed E-state index contributed by atoms with van der Waals surface area (Å²) in [4.78, 5) is 29.3. The molecule has 1 aromatic heterocycles. The summed E-state index contributed by atoms with van der Waals surface area (Å²) in [5.41, 5.74) is 0.730. The van der Waals surface area contributed by atoms with Crippen LogP contribution in [0.2, 0.25) is 0 Å². The number of rotatable bonds is 2. The van der Waals surface area contributed by atoms with Gasteiger partial charge in [-0.2, -0.15) is 0 Å². The molecule has 5 heteroatoms. The van der Waals surface area contributed by atoms with Gasteiger partial charge < -0.3 is 9.64 Å². The molecule has 102 valence electrons. The lowest BCUT2D eigenvalue weighted by atomic mass is 9.99. The molecule has 0 aliphatic carbocycles. The summed E-state index contributed by atoms with van der Waals surface area (Å²) >= 11 is 0. The first kappa shape index (κ1) is 13.5. The second-order valence-electron chi connectivity index (χ2n) is 4.90. The molecule has 2 heterocycles. The molecule has 5 nitrogen and oxygen atoms in total. The van der Waals surface area contributed by atoms with Crippen molar-refractivity contribution in [2.75, 3.05) is 20.2 Å². The number of piperidine rings is 1. The van der Waals surface area contributed by atoms with Gasteiger partial charge in [0.05, 0.1) is 12.7 Å². The van der Waals surface area contributed by atoms with E-state index in [9.17, 15) is 9.59 Å². The van der Waals surface area contributed by atoms with Gasteiger partial charge >= 0.3 is 5.97 Å². The van der Waals surface area contributed by atoms with Crippen LogP contribution in [0.3, 0.4) is 0 Å². The Hall–Kier alpha value is -1.91. The lowest BCUT2D eigenvalue weighted by molar-refractivity contribution is 0.0598. The van der Waals surface area contributed by atoms with Gasteiger partial charge in [-0.15, -0.1) is 0 Å². The first-order valence-corrected chi connectivity index (χ1v) is 6.45. The quantitative estimate of drug-likeness (QED) is 0.762. The van der Waals surface area contributed by atoms with Gasteiger partial charge in [-0.3, -0.25) is 9.78 Å². The molecule has 0 bridgehead atoms. The van der Waals surface area contributed by atoms with Crippen molar-refractivity contribution in [2.24, 2.45) is 5.92 Å². The van der Waals surface area contributed by atoms with E-state index in [1.165, 1.54) is 13.3 Å². The zero-order chi connectivity index (χ0) is 13.8. The summed E-state index contributed by atoms with van der Waals surface area (Å²) in [6.45, 7) is 3.76. The lowest BCUT2D eigenvalue weighted by Crippen LogP contribution is -2.38. The summed E-state index contributed by atoms with van der Waals surface area (Å²) in [7, 11) is 1.32. The smallest absolute Gasteiger partial charge is 0.339 e. The van der Waals surface area contributed by atoms with E-state index in [1.54, 1.807) is 12.1 Å². The number of carbonyl (C=O) groups is 2. The van der Waals surface area contributed by atoms with Gasteiger partial charge in [0.25, 0.3) is 5.91 Å². The van der Waals surface area contributed by atoms with Crippen molar-refractivity contribution in [3.63, 3.8) is 0 Å². The van der Waals surface area contributed by atoms with Crippen molar-refractivity contribution >= 4 is 11.9 Å². The number of likely N-dealkylation sites (tertiary alicyclic amines) is 1. The van der Waals surface area contributed by atoms with Crippen LogP contribution in [-0.4, -0.2) is 42.0 Å². The van der Waals surface area contributed by atoms with Crippen LogP contribution in [0.5, 0.6) is 0 Å². The maximum atomic E-state index is 12.2. The molecular weight excluding hydrogens is 244 g/mol. The number of aromatic nitrogens is 1. The van der Waals surface area contributed by atoms with Crippen molar-refractivity contribution in [3.8, 4) is 0 Å². The minimum absolute atomic E-state index is 0.0664. The Kier molecular flexibility index (Phi) is 4.14. The van der Waals surface area contributed by atoms with E-state index in [2.05, 4.69) is 16.6 Å². The summed E-state index contributed by atoms with van der Waals surface area (Å²) < 4.78 is 4.59. The Morgan fingerprint density at radius 1 is 1.32 bits per heavy atom. The van der Waals surface area contributed by atoms with E-state index < -0.39 is 5.97 Å². The van der Waals surface area contributed by atoms with Crippen LogP contribution in [0, 0.1) is 5.92 Å². The maximum absolute atomic E-state index is 12.2. The zero-order valence-corrected chi connectivity index (χ0v) is 11.3. The minimum Gasteiger partial charge on any atom is -0.465 e. The van der Waals surface area contributed by atoms with Crippen molar-refractivity contribution in [1.82, 2.24) is 9.88 Å². The third-order valence-corrected chi connectivity index (χ3v) is 3.47. The van der Waals surface area contributed by atoms with Crippen LogP contribution in [-0.2, 0) is 4.74 Å². The summed E-state index contributed by atoms with van der Waals surface area (Å²) in [6.07, 6.45) is 3.45. The average molecular weight is 262 g/mol. The molecule has 0 unspecified atom stereocenters. The third-order valence-electron chi connectivity index (χ3n) is 3.47. The van der Waals surface area contributed by atoms with Crippen LogP contribution in [0.15, 0.2) is 18.3 Å². The van der Waals surface area contributed by atoms with Crippen molar-refractivity contribution < 1.29 is 14.3 Å². The fourth-order valence-electron chi connectivity index (χ4n) is 2.13. The summed E-state index contributed by atoms with van der Waals surface area (Å²) in [6, 6.07) is 3.14. The summed E-state index contributed by atoms with van der Waals surface area (Å²) in [5.74, 6) is 0.167. The molecule has 0 radical (unpaired) electrons. The van der Waals surface area contributed by atoms with Gasteiger partial charge in [0.2, 0.25) is 0 Å². The second kappa shape index (κ2) is 5.82. The number of methoxy groups -OCH3 is 1. The van der Waals surface area contributed by atoms with E-state index in [-0.39, 0.29) is 5.91 Å². The van der Waals surface area contributed by atoms with Gasteiger partial charge in [-0.05, 0) is 30.9 Å². The highest BCUT2D eigenvalue weighted by Gasteiger charge is 2.22. The molecule has 1 aliphatic rings. The van der Waals surface area contributed by atoms with Gasteiger partial charge in [0, 0.05) is 19.3 Å². The third kappa shape index (κ3) is 3.10. The van der Waals surface area contributed by atoms with Crippen LogP contribution in [0.4, 0.5) is 0 Å². The molecule has 0 N–H and O–H groups in total. The zero-order valence-electron chi connectivity index (χ0n) is 11.3. The van der Waals surface area contributed by atoms with Crippen LogP contribution >= 0.6 is 0 Å². The predicted octanol–water partition coefficient (Wildman–Crippen LogP) is 1.74. The van der Waals surface area contributed by atoms with Crippen molar-refractivity contribution in [2.45, 2.75) is 19.8 Å². The van der Waals surface area contributed by atoms with Crippen LogP contribution < -0.4 is 0 Å². The second-order valence-corrected chi connectivity index (χ2v) is 4.90. The predicted molar refractivity (Wildman–Crippen MR) is 69.9 cm³/mol. The highest BCUT2D eigenvalue weighted by atomic mass is 16.5. The number of hydrogen-bond donors (Lipinski definition) is 0. The fourth-order valence-corrected chi connectivity index (χ4v) is 2.13. The number of hydrogen-bond acceptors (Lipinski definition) is 4. The number of nitrogens with zero attached hydrogens (tertiary/aromatic N) is 2. The molecule has 1 aromatic rings. The van der Waals surface area contributed by atoms with E-state index in [4.69, 9.17) is 0 Å². The molecule has 0 atom stereocenters. The molecule has 1 saturated heterocycles. The Morgan fingerprint density at radius 2 is 2.00 bits per heavy atom. The Labute approximate surface area is 112 Å². The maximum Gasteiger partial charge on any atom is 0.339 e. The van der Waals surface area contributed by atoms with Crippen LogP contribution in [0.1, 0.15) is 40.6 Å². The topological polar surface area (TPSA) is 59.5 Å². The molecule has 0 saturated carbocycles. The van der Waals surface area contributed by atoms with E-state index in [1.807, 2.05) is 4.90 Å². The van der Waals surface area contributed by atoms with Gasteiger partial charge in [-0.1, -0.05) is 6.92 Å². The Balaban J connectivity index is 2.05. The number of ether oxygens (including phenoxy) is 1. The van der Waals surface area contributed by atoms with E-state index >= 15 is 0 Å². The SMILES string of the molecule is COC(=O)c1ccc(C(=O)N2CCC(C)CC2)nc1. The molecule has 0 spiro atoms. The molecule has 0 aromatic carbocycles. The van der Waals surface area contributed by atoms with E-state index in [0.717, 1.165) is 25.9 Å². The number of carbonyl (C=O) groups excluding carboxylic acids is 2. The molecule has 2 rings (SSSR count). The van der Waals surface area contributed by atoms with Crippen molar-refractivity contribution in [3.05, 3.63) is 29.6 Å². The number of amides is 1. The average Bonchev–Trinajstić information content (AvgIpc) is 2.46. The summed E-state index contributed by atoms with van der Waals surface area (Å²) in [5, 5.41) is 0. The lowest BCUT2D eigenvalue weighted by Gasteiger charge is -2.30. The fraction of sp³-hybridized carbons (Fsp3) is 0.500. The standard InChI is InChI=1S/C14H18N2O3/c1-10-5-7-16(8-6-10)13(17)12-4-3-11(9-15-12)14(18)19-2/h3-4,9-10H,5-8H2,1-2H3. The van der Waals surface area contributed by atoms with Crippen LogP contribution in [0.25, 0.3) is 0 Å². The largest absolute Gasteiger partial charge is 0.465 e. The highest BCUT2D eigenvalue weighted by molar-refractivity contribution is 5.94. The Bertz CT molecular complexity index is 462. The highest BCUT2D eigenvalue weighted by Crippen LogP contribution is 2.17. The monoisotopic (exact) mass is 262 g/mol. The Morgan fingerprint density at radius 3 is 2.53 bits per heavy atom. The van der Waals surface area contributed by atoms with Crippen molar-refractivity contribution in [1.29, 1.82) is 0 Å². The van der Waals surface area contributed by atoms with Gasteiger partial charge in [0.15, 0.2) is 0 Å². The van der Waals surface area contributed by atoms with E-state index in [0.29, 0.717) is 17.2 Å². The normalized spacial score (nSPS) is 16.2. The number of esters is 1. The van der Waals surface area contributed by atoms with Gasteiger partial charge in [-0.25, -0.2) is 4.79 Å². The molecule has 1 fully saturated rings. The van der Waals surface area contributed by atoms with Gasteiger partial charge in [0.1, 0.15) is 5.69 Å². The molecule has 19 heavy (non-hydrogen) atoms. The molecule has 1 amide bonds. The minimum atomic E-state index is -0.446. The first-order valence-electron chi connectivity index (χ1n) is 6.45. The molecule has 1 aliphatic heterocycles. The first-order chi connectivity index (χ1) is 9.11.